The van der Waals surface area contributed by atoms with E-state index in [1.807, 2.05) is 0 Å². The molecule has 2 N–H and O–H groups in total. The summed E-state index contributed by atoms with van der Waals surface area (Å²) >= 11 is 0. The lowest BCUT2D eigenvalue weighted by atomic mass is 9.78. The Kier molecular flexibility index (Phi) is 1.52. The molecule has 3 aliphatic rings. The minimum atomic E-state index is 0.908. The molecule has 3 aliphatic carbocycles. The molecule has 0 aliphatic heterocycles. The first-order valence-corrected chi connectivity index (χ1v) is 5.60. The fourth-order valence-electron chi connectivity index (χ4n) is 4.49. The lowest BCUT2D eigenvalue weighted by molar-refractivity contribution is 0.215. The summed E-state index contributed by atoms with van der Waals surface area (Å²) in [6.45, 7) is 0.963. The van der Waals surface area contributed by atoms with Crippen molar-refractivity contribution in [3.8, 4) is 0 Å². The molecule has 0 amide bonds. The van der Waals surface area contributed by atoms with Gasteiger partial charge in [-0.3, -0.25) is 0 Å². The Bertz CT molecular complexity index is 187. The first kappa shape index (κ1) is 7.37. The number of hydrogen-bond donors (Lipinski definition) is 1. The van der Waals surface area contributed by atoms with Gasteiger partial charge in [-0.1, -0.05) is 0 Å². The molecule has 68 valence electrons. The third-order valence-corrected chi connectivity index (χ3v) is 4.88. The van der Waals surface area contributed by atoms with Crippen molar-refractivity contribution in [2.24, 2.45) is 35.3 Å². The van der Waals surface area contributed by atoms with Crippen molar-refractivity contribution in [2.75, 3.05) is 6.54 Å². The van der Waals surface area contributed by atoms with Crippen LogP contribution in [0.2, 0.25) is 0 Å². The topological polar surface area (TPSA) is 26.0 Å². The minimum Gasteiger partial charge on any atom is -0.330 e. The van der Waals surface area contributed by atoms with Crippen LogP contribution in [0.15, 0.2) is 0 Å². The molecule has 3 fully saturated rings. The second-order valence-electron chi connectivity index (χ2n) is 5.15. The van der Waals surface area contributed by atoms with Gasteiger partial charge in [0.1, 0.15) is 0 Å². The summed E-state index contributed by atoms with van der Waals surface area (Å²) in [6, 6.07) is 0. The Balaban J connectivity index is 1.85. The molecule has 0 radical (unpaired) electrons. The molecule has 1 heteroatoms. The SMILES string of the molecule is NCC1CCC2C3CCC(C3)C12. The van der Waals surface area contributed by atoms with Gasteiger partial charge >= 0.3 is 0 Å². The van der Waals surface area contributed by atoms with Crippen LogP contribution in [-0.4, -0.2) is 6.54 Å². The first-order chi connectivity index (χ1) is 5.90. The molecule has 0 spiro atoms. The molecule has 0 aromatic heterocycles. The molecule has 0 heterocycles. The van der Waals surface area contributed by atoms with Crippen LogP contribution >= 0.6 is 0 Å². The predicted molar refractivity (Wildman–Crippen MR) is 49.6 cm³/mol. The van der Waals surface area contributed by atoms with E-state index in [0.717, 1.165) is 36.1 Å². The summed E-state index contributed by atoms with van der Waals surface area (Å²) in [7, 11) is 0. The summed E-state index contributed by atoms with van der Waals surface area (Å²) in [5, 5.41) is 0. The van der Waals surface area contributed by atoms with Gasteiger partial charge in [0.15, 0.2) is 0 Å². The minimum absolute atomic E-state index is 0.908. The van der Waals surface area contributed by atoms with Crippen LogP contribution in [0.1, 0.15) is 32.1 Å². The third kappa shape index (κ3) is 0.783. The van der Waals surface area contributed by atoms with Gasteiger partial charge in [-0.15, -0.1) is 0 Å². The van der Waals surface area contributed by atoms with E-state index >= 15 is 0 Å². The molecule has 0 aromatic carbocycles. The lowest BCUT2D eigenvalue weighted by Gasteiger charge is -2.28. The number of fused-ring (bicyclic) bond motifs is 5. The standard InChI is InChI=1S/C11H19N/c12-6-9-3-4-10-7-1-2-8(5-7)11(9)10/h7-11H,1-6,12H2. The summed E-state index contributed by atoms with van der Waals surface area (Å²) in [5.74, 6) is 5.30. The molecule has 2 bridgehead atoms. The van der Waals surface area contributed by atoms with E-state index in [0.29, 0.717) is 0 Å². The molecule has 3 rings (SSSR count). The van der Waals surface area contributed by atoms with Crippen molar-refractivity contribution in [1.82, 2.24) is 0 Å². The number of hydrogen-bond acceptors (Lipinski definition) is 1. The summed E-state index contributed by atoms with van der Waals surface area (Å²) in [4.78, 5) is 0. The van der Waals surface area contributed by atoms with E-state index in [1.165, 1.54) is 19.3 Å². The molecule has 0 aromatic rings. The zero-order valence-corrected chi connectivity index (χ0v) is 7.71. The average Bonchev–Trinajstić information content (AvgIpc) is 2.76. The molecule has 5 atom stereocenters. The van der Waals surface area contributed by atoms with E-state index in [9.17, 15) is 0 Å². The highest BCUT2D eigenvalue weighted by Gasteiger charge is 2.52. The zero-order valence-electron chi connectivity index (χ0n) is 7.71. The Morgan fingerprint density at radius 1 is 1.00 bits per heavy atom. The van der Waals surface area contributed by atoms with Gasteiger partial charge in [0.25, 0.3) is 0 Å². The average molecular weight is 165 g/mol. The molecular weight excluding hydrogens is 146 g/mol. The quantitative estimate of drug-likeness (QED) is 0.632. The van der Waals surface area contributed by atoms with Gasteiger partial charge in [-0.25, -0.2) is 0 Å². The normalized spacial score (nSPS) is 56.2. The van der Waals surface area contributed by atoms with Crippen molar-refractivity contribution in [3.05, 3.63) is 0 Å². The number of rotatable bonds is 1. The Labute approximate surface area is 74.7 Å². The highest BCUT2D eigenvalue weighted by molar-refractivity contribution is 5.02. The van der Waals surface area contributed by atoms with E-state index < -0.39 is 0 Å². The van der Waals surface area contributed by atoms with Crippen LogP contribution in [0.5, 0.6) is 0 Å². The van der Waals surface area contributed by atoms with Crippen LogP contribution in [0, 0.1) is 29.6 Å². The van der Waals surface area contributed by atoms with Crippen LogP contribution in [-0.2, 0) is 0 Å². The molecule has 0 saturated heterocycles. The highest BCUT2D eigenvalue weighted by atomic mass is 14.6. The summed E-state index contributed by atoms with van der Waals surface area (Å²) in [5.41, 5.74) is 5.82. The second-order valence-corrected chi connectivity index (χ2v) is 5.15. The molecule has 1 nitrogen and oxygen atoms in total. The first-order valence-electron chi connectivity index (χ1n) is 5.60. The van der Waals surface area contributed by atoms with Crippen molar-refractivity contribution in [3.63, 3.8) is 0 Å². The predicted octanol–water partition coefficient (Wildman–Crippen LogP) is 2.02. The summed E-state index contributed by atoms with van der Waals surface area (Å²) < 4.78 is 0. The van der Waals surface area contributed by atoms with Gasteiger partial charge in [0.2, 0.25) is 0 Å². The van der Waals surface area contributed by atoms with Crippen molar-refractivity contribution >= 4 is 0 Å². The Hall–Kier alpha value is -0.0400. The Morgan fingerprint density at radius 3 is 2.67 bits per heavy atom. The third-order valence-electron chi connectivity index (χ3n) is 4.88. The fourth-order valence-corrected chi connectivity index (χ4v) is 4.49. The largest absolute Gasteiger partial charge is 0.330 e. The molecule has 5 unspecified atom stereocenters. The van der Waals surface area contributed by atoms with E-state index in [1.54, 1.807) is 12.8 Å². The highest BCUT2D eigenvalue weighted by Crippen LogP contribution is 2.60. The van der Waals surface area contributed by atoms with Crippen molar-refractivity contribution in [1.29, 1.82) is 0 Å². The van der Waals surface area contributed by atoms with Crippen LogP contribution < -0.4 is 5.73 Å². The van der Waals surface area contributed by atoms with Crippen LogP contribution in [0.4, 0.5) is 0 Å². The lowest BCUT2D eigenvalue weighted by Crippen LogP contribution is -2.26. The second kappa shape index (κ2) is 2.47. The fraction of sp³-hybridized carbons (Fsp3) is 1.00. The van der Waals surface area contributed by atoms with Gasteiger partial charge in [0, 0.05) is 0 Å². The molecule has 12 heavy (non-hydrogen) atoms. The van der Waals surface area contributed by atoms with Gasteiger partial charge in [-0.2, -0.15) is 0 Å². The van der Waals surface area contributed by atoms with Crippen LogP contribution in [0.3, 0.4) is 0 Å². The molecule has 3 saturated carbocycles. The van der Waals surface area contributed by atoms with Crippen molar-refractivity contribution < 1.29 is 0 Å². The maximum absolute atomic E-state index is 5.82. The Morgan fingerprint density at radius 2 is 1.83 bits per heavy atom. The monoisotopic (exact) mass is 165 g/mol. The van der Waals surface area contributed by atoms with Gasteiger partial charge in [-0.05, 0) is 68.2 Å². The molecular formula is C11H19N. The smallest absolute Gasteiger partial charge is 0.00460 e. The van der Waals surface area contributed by atoms with Crippen molar-refractivity contribution in [2.45, 2.75) is 32.1 Å². The van der Waals surface area contributed by atoms with E-state index in [2.05, 4.69) is 0 Å². The van der Waals surface area contributed by atoms with Gasteiger partial charge < -0.3 is 5.73 Å². The van der Waals surface area contributed by atoms with Crippen LogP contribution in [0.25, 0.3) is 0 Å². The maximum atomic E-state index is 5.82. The van der Waals surface area contributed by atoms with E-state index in [-0.39, 0.29) is 0 Å². The van der Waals surface area contributed by atoms with Gasteiger partial charge in [0.05, 0.1) is 0 Å². The van der Waals surface area contributed by atoms with E-state index in [4.69, 9.17) is 5.73 Å². The zero-order chi connectivity index (χ0) is 8.13. The maximum Gasteiger partial charge on any atom is -0.00460 e. The number of nitrogens with two attached hydrogens (primary N) is 1. The summed E-state index contributed by atoms with van der Waals surface area (Å²) in [6.07, 6.45) is 7.59.